The quantitative estimate of drug-likeness (QED) is 0.742. The van der Waals surface area contributed by atoms with Crippen molar-refractivity contribution in [2.75, 3.05) is 6.54 Å². The molecule has 0 spiro atoms. The van der Waals surface area contributed by atoms with Crippen molar-refractivity contribution in [3.8, 4) is 0 Å². The summed E-state index contributed by atoms with van der Waals surface area (Å²) in [6.45, 7) is 5.55. The number of hydrogen-bond donors (Lipinski definition) is 1. The molecular formula is C11H22N4. The van der Waals surface area contributed by atoms with Crippen molar-refractivity contribution >= 4 is 0 Å². The molecular weight excluding hydrogens is 188 g/mol. The van der Waals surface area contributed by atoms with Gasteiger partial charge in [-0.1, -0.05) is 12.1 Å². The molecule has 0 bridgehead atoms. The van der Waals surface area contributed by atoms with E-state index in [4.69, 9.17) is 0 Å². The lowest BCUT2D eigenvalue weighted by molar-refractivity contribution is 0.497. The summed E-state index contributed by atoms with van der Waals surface area (Å²) >= 11 is 0. The Balaban J connectivity index is 2.10. The first-order valence-corrected chi connectivity index (χ1v) is 5.81. The van der Waals surface area contributed by atoms with Crippen LogP contribution in [0.3, 0.4) is 0 Å². The van der Waals surface area contributed by atoms with Crippen molar-refractivity contribution in [1.82, 2.24) is 20.3 Å². The lowest BCUT2D eigenvalue weighted by Gasteiger charge is -2.11. The molecule has 1 aromatic heterocycles. The summed E-state index contributed by atoms with van der Waals surface area (Å²) in [6, 6.07) is 0.613. The molecule has 1 rings (SSSR count). The van der Waals surface area contributed by atoms with E-state index in [1.54, 1.807) is 4.68 Å². The van der Waals surface area contributed by atoms with Crippen LogP contribution in [-0.4, -0.2) is 27.6 Å². The van der Waals surface area contributed by atoms with Crippen molar-refractivity contribution in [3.63, 3.8) is 0 Å². The van der Waals surface area contributed by atoms with E-state index in [0.29, 0.717) is 6.04 Å². The first-order chi connectivity index (χ1) is 7.22. The van der Waals surface area contributed by atoms with E-state index >= 15 is 0 Å². The van der Waals surface area contributed by atoms with Gasteiger partial charge in [-0.25, -0.2) is 0 Å². The van der Waals surface area contributed by atoms with E-state index in [0.717, 1.165) is 18.7 Å². The van der Waals surface area contributed by atoms with Gasteiger partial charge in [0.25, 0.3) is 0 Å². The predicted molar refractivity (Wildman–Crippen MR) is 61.7 cm³/mol. The Bertz CT molecular complexity index is 269. The van der Waals surface area contributed by atoms with Crippen molar-refractivity contribution in [1.29, 1.82) is 0 Å². The topological polar surface area (TPSA) is 42.7 Å². The number of rotatable bonds is 7. The largest absolute Gasteiger partial charge is 0.314 e. The number of nitrogens with one attached hydrogen (secondary N) is 1. The number of aryl methyl sites for hydroxylation is 2. The highest BCUT2D eigenvalue weighted by atomic mass is 15.4. The standard InChI is InChI=1S/C11H22N4/c1-4-8-12-10(2)6-5-7-11-9-15(3)14-13-11/h9-10,12H,4-8H2,1-3H3. The molecule has 0 aromatic carbocycles. The van der Waals surface area contributed by atoms with Gasteiger partial charge in [-0.2, -0.15) is 0 Å². The summed E-state index contributed by atoms with van der Waals surface area (Å²) in [5, 5.41) is 11.5. The van der Waals surface area contributed by atoms with E-state index in [2.05, 4.69) is 29.5 Å². The fraction of sp³-hybridized carbons (Fsp3) is 0.818. The van der Waals surface area contributed by atoms with Gasteiger partial charge in [0.1, 0.15) is 0 Å². The van der Waals surface area contributed by atoms with Gasteiger partial charge in [0.2, 0.25) is 0 Å². The second kappa shape index (κ2) is 6.56. The molecule has 0 fully saturated rings. The number of hydrogen-bond acceptors (Lipinski definition) is 3. The summed E-state index contributed by atoms with van der Waals surface area (Å²) in [7, 11) is 1.90. The first kappa shape index (κ1) is 12.2. The minimum absolute atomic E-state index is 0.613. The maximum absolute atomic E-state index is 4.07. The SMILES string of the molecule is CCCNC(C)CCCc1cn(C)nn1. The summed E-state index contributed by atoms with van der Waals surface area (Å²) in [6.07, 6.45) is 6.61. The Morgan fingerprint density at radius 3 is 2.93 bits per heavy atom. The van der Waals surface area contributed by atoms with Gasteiger partial charge in [-0.05, 0) is 39.2 Å². The third-order valence-electron chi connectivity index (χ3n) is 2.46. The van der Waals surface area contributed by atoms with Crippen LogP contribution in [0, 0.1) is 0 Å². The second-order valence-electron chi connectivity index (χ2n) is 4.13. The Morgan fingerprint density at radius 1 is 1.53 bits per heavy atom. The Morgan fingerprint density at radius 2 is 2.33 bits per heavy atom. The Labute approximate surface area is 92.1 Å². The summed E-state index contributed by atoms with van der Waals surface area (Å²) < 4.78 is 1.76. The van der Waals surface area contributed by atoms with Crippen LogP contribution in [0.25, 0.3) is 0 Å². The average Bonchev–Trinajstić information content (AvgIpc) is 2.61. The number of nitrogens with zero attached hydrogens (tertiary/aromatic N) is 3. The average molecular weight is 210 g/mol. The monoisotopic (exact) mass is 210 g/mol. The van der Waals surface area contributed by atoms with Crippen LogP contribution in [0.5, 0.6) is 0 Å². The smallest absolute Gasteiger partial charge is 0.0827 e. The van der Waals surface area contributed by atoms with Gasteiger partial charge in [-0.15, -0.1) is 5.10 Å². The van der Waals surface area contributed by atoms with Gasteiger partial charge in [-0.3, -0.25) is 4.68 Å². The molecule has 0 amide bonds. The summed E-state index contributed by atoms with van der Waals surface area (Å²) in [5.74, 6) is 0. The highest BCUT2D eigenvalue weighted by Crippen LogP contribution is 2.03. The molecule has 1 unspecified atom stereocenters. The Kier molecular flexibility index (Phi) is 5.32. The van der Waals surface area contributed by atoms with E-state index in [1.165, 1.54) is 19.3 Å². The second-order valence-corrected chi connectivity index (χ2v) is 4.13. The number of aromatic nitrogens is 3. The molecule has 0 radical (unpaired) electrons. The molecule has 0 saturated heterocycles. The van der Waals surface area contributed by atoms with Gasteiger partial charge in [0.05, 0.1) is 5.69 Å². The van der Waals surface area contributed by atoms with Gasteiger partial charge in [0, 0.05) is 19.3 Å². The van der Waals surface area contributed by atoms with E-state index < -0.39 is 0 Å². The van der Waals surface area contributed by atoms with Crippen molar-refractivity contribution in [2.24, 2.45) is 7.05 Å². The fourth-order valence-electron chi connectivity index (χ4n) is 1.59. The van der Waals surface area contributed by atoms with Crippen LogP contribution in [0.15, 0.2) is 6.20 Å². The van der Waals surface area contributed by atoms with E-state index in [9.17, 15) is 0 Å². The highest BCUT2D eigenvalue weighted by Gasteiger charge is 2.02. The van der Waals surface area contributed by atoms with Gasteiger partial charge in [0.15, 0.2) is 0 Å². The lowest BCUT2D eigenvalue weighted by Crippen LogP contribution is -2.26. The predicted octanol–water partition coefficient (Wildman–Crippen LogP) is 1.53. The van der Waals surface area contributed by atoms with Crippen LogP contribution in [0.4, 0.5) is 0 Å². The van der Waals surface area contributed by atoms with Crippen LogP contribution in [0.1, 0.15) is 38.8 Å². The van der Waals surface area contributed by atoms with E-state index in [-0.39, 0.29) is 0 Å². The van der Waals surface area contributed by atoms with Crippen LogP contribution >= 0.6 is 0 Å². The minimum atomic E-state index is 0.613. The summed E-state index contributed by atoms with van der Waals surface area (Å²) in [4.78, 5) is 0. The normalized spacial score (nSPS) is 13.0. The van der Waals surface area contributed by atoms with E-state index in [1.807, 2.05) is 13.2 Å². The Hall–Kier alpha value is -0.900. The molecule has 1 atom stereocenters. The molecule has 4 heteroatoms. The maximum atomic E-state index is 4.07. The maximum Gasteiger partial charge on any atom is 0.0827 e. The molecule has 1 heterocycles. The molecule has 15 heavy (non-hydrogen) atoms. The summed E-state index contributed by atoms with van der Waals surface area (Å²) in [5.41, 5.74) is 1.10. The fourth-order valence-corrected chi connectivity index (χ4v) is 1.59. The van der Waals surface area contributed by atoms with Gasteiger partial charge >= 0.3 is 0 Å². The molecule has 1 N–H and O–H groups in total. The van der Waals surface area contributed by atoms with Crippen LogP contribution < -0.4 is 5.32 Å². The zero-order valence-corrected chi connectivity index (χ0v) is 10.0. The third-order valence-corrected chi connectivity index (χ3v) is 2.46. The molecule has 0 aliphatic carbocycles. The van der Waals surface area contributed by atoms with Crippen LogP contribution in [0.2, 0.25) is 0 Å². The van der Waals surface area contributed by atoms with Gasteiger partial charge < -0.3 is 5.32 Å². The van der Waals surface area contributed by atoms with Crippen molar-refractivity contribution in [3.05, 3.63) is 11.9 Å². The molecule has 1 aromatic rings. The van der Waals surface area contributed by atoms with Crippen molar-refractivity contribution < 1.29 is 0 Å². The molecule has 0 aliphatic heterocycles. The zero-order chi connectivity index (χ0) is 11.1. The molecule has 0 aliphatic rings. The van der Waals surface area contributed by atoms with Crippen LogP contribution in [-0.2, 0) is 13.5 Å². The first-order valence-electron chi connectivity index (χ1n) is 5.81. The molecule has 4 nitrogen and oxygen atoms in total. The molecule has 86 valence electrons. The lowest BCUT2D eigenvalue weighted by atomic mass is 10.1. The molecule has 0 saturated carbocycles. The third kappa shape index (κ3) is 4.93. The van der Waals surface area contributed by atoms with Crippen molar-refractivity contribution in [2.45, 2.75) is 45.6 Å². The highest BCUT2D eigenvalue weighted by molar-refractivity contribution is 4.91. The zero-order valence-electron chi connectivity index (χ0n) is 10.0. The minimum Gasteiger partial charge on any atom is -0.314 e.